The van der Waals surface area contributed by atoms with Gasteiger partial charge in [0.15, 0.2) is 5.96 Å². The second-order valence-electron chi connectivity index (χ2n) is 7.28. The number of halogens is 1. The minimum absolute atomic E-state index is 0. The summed E-state index contributed by atoms with van der Waals surface area (Å²) in [5.41, 5.74) is 0.249. The lowest BCUT2D eigenvalue weighted by molar-refractivity contribution is -0.0352. The lowest BCUT2D eigenvalue weighted by atomic mass is 9.80. The van der Waals surface area contributed by atoms with Gasteiger partial charge >= 0.3 is 0 Å². The van der Waals surface area contributed by atoms with Crippen LogP contribution in [0.15, 0.2) is 11.2 Å². The summed E-state index contributed by atoms with van der Waals surface area (Å²) >= 11 is 1.72. The Balaban J connectivity index is 0.00000261. The number of thiazole rings is 1. The molecule has 1 saturated heterocycles. The topological polar surface area (TPSA) is 61.8 Å². The Morgan fingerprint density at radius 2 is 2.00 bits per heavy atom. The second-order valence-corrected chi connectivity index (χ2v) is 8.60. The Morgan fingerprint density at radius 1 is 1.26 bits per heavy atom. The zero-order chi connectivity index (χ0) is 18.2. The molecule has 1 aromatic heterocycles. The Kier molecular flexibility index (Phi) is 9.75. The minimum Gasteiger partial charge on any atom is -0.379 e. The Bertz CT molecular complexity index is 582. The first kappa shape index (κ1) is 22.8. The van der Waals surface area contributed by atoms with Crippen LogP contribution in [0.2, 0.25) is 0 Å². The van der Waals surface area contributed by atoms with E-state index in [0.717, 1.165) is 50.4 Å². The molecule has 0 atom stereocenters. The van der Waals surface area contributed by atoms with Crippen molar-refractivity contribution in [2.24, 2.45) is 4.99 Å². The third-order valence-corrected chi connectivity index (χ3v) is 6.35. The molecule has 0 amide bonds. The van der Waals surface area contributed by atoms with Crippen LogP contribution >= 0.6 is 35.3 Å². The SMILES string of the molecule is CCNC(=NCc1cnc(C)s1)NCC1(N2CCOCC2)CCCCC1.I. The molecule has 2 N–H and O–H groups in total. The van der Waals surface area contributed by atoms with Crippen LogP contribution in [0.5, 0.6) is 0 Å². The summed E-state index contributed by atoms with van der Waals surface area (Å²) < 4.78 is 5.59. The summed E-state index contributed by atoms with van der Waals surface area (Å²) in [7, 11) is 0. The maximum atomic E-state index is 5.59. The molecular weight excluding hydrogens is 473 g/mol. The highest BCUT2D eigenvalue weighted by molar-refractivity contribution is 14.0. The molecule has 1 aliphatic heterocycles. The predicted molar refractivity (Wildman–Crippen MR) is 123 cm³/mol. The fourth-order valence-corrected chi connectivity index (χ4v) is 4.80. The highest BCUT2D eigenvalue weighted by atomic mass is 127. The first-order chi connectivity index (χ1) is 12.7. The molecule has 2 aliphatic rings. The standard InChI is InChI=1S/C19H33N5OS.HI/c1-3-20-18(22-14-17-13-21-16(2)26-17)23-15-19(7-5-4-6-8-19)24-9-11-25-12-10-24;/h13H,3-12,14-15H2,1-2H3,(H2,20,22,23);1H. The van der Waals surface area contributed by atoms with Gasteiger partial charge in [-0.2, -0.15) is 0 Å². The molecule has 1 aromatic rings. The first-order valence-corrected chi connectivity index (χ1v) is 10.8. The molecule has 0 radical (unpaired) electrons. The molecule has 1 saturated carbocycles. The number of hydrogen-bond acceptors (Lipinski definition) is 5. The summed E-state index contributed by atoms with van der Waals surface area (Å²) in [5, 5.41) is 8.14. The quantitative estimate of drug-likeness (QED) is 0.352. The molecule has 0 aromatic carbocycles. The number of aryl methyl sites for hydroxylation is 1. The zero-order valence-electron chi connectivity index (χ0n) is 16.6. The van der Waals surface area contributed by atoms with Crippen LogP contribution in [-0.4, -0.2) is 60.8 Å². The van der Waals surface area contributed by atoms with Gasteiger partial charge in [0.05, 0.1) is 24.8 Å². The van der Waals surface area contributed by atoms with Gasteiger partial charge in [-0.05, 0) is 26.7 Å². The van der Waals surface area contributed by atoms with Crippen molar-refractivity contribution in [1.29, 1.82) is 0 Å². The Hall–Kier alpha value is -0.450. The van der Waals surface area contributed by atoms with Gasteiger partial charge in [0.25, 0.3) is 0 Å². The number of aromatic nitrogens is 1. The number of hydrogen-bond donors (Lipinski definition) is 2. The van der Waals surface area contributed by atoms with Gasteiger partial charge in [0.1, 0.15) is 0 Å². The molecule has 2 heterocycles. The van der Waals surface area contributed by atoms with Crippen LogP contribution in [0.3, 0.4) is 0 Å². The summed E-state index contributed by atoms with van der Waals surface area (Å²) in [6.07, 6.45) is 8.50. The molecule has 1 aliphatic carbocycles. The maximum absolute atomic E-state index is 5.59. The molecule has 6 nitrogen and oxygen atoms in total. The summed E-state index contributed by atoms with van der Waals surface area (Å²) in [6.45, 7) is 10.5. The van der Waals surface area contributed by atoms with Crippen molar-refractivity contribution in [3.05, 3.63) is 16.1 Å². The lowest BCUT2D eigenvalue weighted by Crippen LogP contribution is -2.60. The molecule has 0 unspecified atom stereocenters. The average molecular weight is 507 g/mol. The normalized spacial score (nSPS) is 20.7. The van der Waals surface area contributed by atoms with Crippen LogP contribution in [0.4, 0.5) is 0 Å². The van der Waals surface area contributed by atoms with E-state index in [9.17, 15) is 0 Å². The van der Waals surface area contributed by atoms with Gasteiger partial charge < -0.3 is 15.4 Å². The van der Waals surface area contributed by atoms with Crippen molar-refractivity contribution in [2.75, 3.05) is 39.4 Å². The first-order valence-electron chi connectivity index (χ1n) is 9.98. The number of nitrogens with zero attached hydrogens (tertiary/aromatic N) is 3. The molecule has 0 spiro atoms. The van der Waals surface area contributed by atoms with E-state index in [1.165, 1.54) is 37.0 Å². The smallest absolute Gasteiger partial charge is 0.191 e. The molecule has 0 bridgehead atoms. The number of aliphatic imine (C=N–C) groups is 1. The van der Waals surface area contributed by atoms with E-state index >= 15 is 0 Å². The van der Waals surface area contributed by atoms with Gasteiger partial charge in [-0.3, -0.25) is 4.90 Å². The molecule has 3 rings (SSSR count). The molecule has 154 valence electrons. The second kappa shape index (κ2) is 11.5. The fourth-order valence-electron chi connectivity index (χ4n) is 4.08. The van der Waals surface area contributed by atoms with Crippen molar-refractivity contribution in [3.63, 3.8) is 0 Å². The van der Waals surface area contributed by atoms with Crippen molar-refractivity contribution in [2.45, 2.75) is 58.0 Å². The fraction of sp³-hybridized carbons (Fsp3) is 0.789. The number of guanidine groups is 1. The van der Waals surface area contributed by atoms with Gasteiger partial charge in [-0.15, -0.1) is 35.3 Å². The van der Waals surface area contributed by atoms with Gasteiger partial charge in [-0.25, -0.2) is 9.98 Å². The van der Waals surface area contributed by atoms with Crippen LogP contribution in [-0.2, 0) is 11.3 Å². The van der Waals surface area contributed by atoms with Crippen molar-refractivity contribution in [3.8, 4) is 0 Å². The molecule has 8 heteroatoms. The third kappa shape index (κ3) is 6.54. The van der Waals surface area contributed by atoms with Crippen LogP contribution in [0.1, 0.15) is 48.9 Å². The van der Waals surface area contributed by atoms with E-state index in [1.807, 2.05) is 13.1 Å². The van der Waals surface area contributed by atoms with Crippen molar-refractivity contribution in [1.82, 2.24) is 20.5 Å². The zero-order valence-corrected chi connectivity index (χ0v) is 19.8. The van der Waals surface area contributed by atoms with E-state index in [4.69, 9.17) is 9.73 Å². The minimum atomic E-state index is 0. The van der Waals surface area contributed by atoms with E-state index < -0.39 is 0 Å². The highest BCUT2D eigenvalue weighted by Crippen LogP contribution is 2.33. The Labute approximate surface area is 184 Å². The largest absolute Gasteiger partial charge is 0.379 e. The van der Waals surface area contributed by atoms with Gasteiger partial charge in [0.2, 0.25) is 0 Å². The lowest BCUT2D eigenvalue weighted by Gasteiger charge is -2.48. The van der Waals surface area contributed by atoms with Crippen LogP contribution in [0, 0.1) is 6.92 Å². The third-order valence-electron chi connectivity index (χ3n) is 5.46. The Morgan fingerprint density at radius 3 is 2.63 bits per heavy atom. The number of nitrogens with one attached hydrogen (secondary N) is 2. The maximum Gasteiger partial charge on any atom is 0.191 e. The summed E-state index contributed by atoms with van der Waals surface area (Å²) in [6, 6.07) is 0. The van der Waals surface area contributed by atoms with Crippen molar-refractivity contribution < 1.29 is 4.74 Å². The van der Waals surface area contributed by atoms with Crippen LogP contribution < -0.4 is 10.6 Å². The monoisotopic (exact) mass is 507 g/mol. The van der Waals surface area contributed by atoms with Gasteiger partial charge in [0, 0.05) is 42.8 Å². The van der Waals surface area contributed by atoms with Crippen molar-refractivity contribution >= 4 is 41.3 Å². The van der Waals surface area contributed by atoms with E-state index in [-0.39, 0.29) is 29.5 Å². The van der Waals surface area contributed by atoms with Gasteiger partial charge in [-0.1, -0.05) is 19.3 Å². The summed E-state index contributed by atoms with van der Waals surface area (Å²) in [4.78, 5) is 13.0. The van der Waals surface area contributed by atoms with Crippen LogP contribution in [0.25, 0.3) is 0 Å². The van der Waals surface area contributed by atoms with E-state index in [0.29, 0.717) is 6.54 Å². The molecule has 2 fully saturated rings. The summed E-state index contributed by atoms with van der Waals surface area (Å²) in [5.74, 6) is 0.914. The molecular formula is C19H34IN5OS. The van der Waals surface area contributed by atoms with E-state index in [1.54, 1.807) is 11.3 Å². The molecule has 27 heavy (non-hydrogen) atoms. The predicted octanol–water partition coefficient (Wildman–Crippen LogP) is 3.16. The number of rotatable bonds is 6. The number of ether oxygens (including phenoxy) is 1. The van der Waals surface area contributed by atoms with E-state index in [2.05, 4.69) is 27.4 Å². The average Bonchev–Trinajstić information content (AvgIpc) is 3.11. The highest BCUT2D eigenvalue weighted by Gasteiger charge is 2.38. The number of morpholine rings is 1.